The maximum absolute atomic E-state index is 9.93. The van der Waals surface area contributed by atoms with Crippen molar-refractivity contribution in [2.24, 2.45) is 0 Å². The molecule has 0 spiro atoms. The van der Waals surface area contributed by atoms with E-state index in [2.05, 4.69) is 12.2 Å². The second-order valence-electron chi connectivity index (χ2n) is 6.27. The van der Waals surface area contributed by atoms with E-state index in [9.17, 15) is 20.4 Å². The van der Waals surface area contributed by atoms with Crippen molar-refractivity contribution in [2.75, 3.05) is 0 Å². The number of rotatable bonds is 4. The first kappa shape index (κ1) is 15.5. The summed E-state index contributed by atoms with van der Waals surface area (Å²) in [4.78, 5) is 0. The van der Waals surface area contributed by atoms with E-state index in [0.717, 1.165) is 29.5 Å². The van der Waals surface area contributed by atoms with Crippen molar-refractivity contribution in [2.45, 2.75) is 38.3 Å². The van der Waals surface area contributed by atoms with Gasteiger partial charge in [0.1, 0.15) is 0 Å². The zero-order valence-corrected chi connectivity index (χ0v) is 13.0. The van der Waals surface area contributed by atoms with Crippen LogP contribution in [0.25, 0.3) is 0 Å². The van der Waals surface area contributed by atoms with Gasteiger partial charge in [0.2, 0.25) is 0 Å². The molecule has 0 aliphatic heterocycles. The van der Waals surface area contributed by atoms with Gasteiger partial charge >= 0.3 is 0 Å². The molecule has 1 aliphatic rings. The number of hydrogen-bond donors (Lipinski definition) is 5. The number of phenolic OH excluding ortho intramolecular Hbond substituents is 4. The summed E-state index contributed by atoms with van der Waals surface area (Å²) in [5, 5.41) is 41.9. The van der Waals surface area contributed by atoms with Gasteiger partial charge in [-0.25, -0.2) is 0 Å². The number of phenols is 4. The van der Waals surface area contributed by atoms with Crippen LogP contribution in [0.5, 0.6) is 23.0 Å². The molecule has 5 heteroatoms. The maximum Gasteiger partial charge on any atom is 0.161 e. The quantitative estimate of drug-likeness (QED) is 0.558. The fourth-order valence-corrected chi connectivity index (χ4v) is 3.30. The van der Waals surface area contributed by atoms with Crippen LogP contribution in [0, 0.1) is 0 Å². The number of aromatic hydroxyl groups is 4. The molecule has 0 aromatic heterocycles. The van der Waals surface area contributed by atoms with Crippen molar-refractivity contribution >= 4 is 0 Å². The lowest BCUT2D eigenvalue weighted by atomic mass is 10.0. The van der Waals surface area contributed by atoms with Gasteiger partial charge in [-0.1, -0.05) is 12.1 Å². The average molecular weight is 315 g/mol. The molecule has 3 rings (SSSR count). The van der Waals surface area contributed by atoms with E-state index >= 15 is 0 Å². The Morgan fingerprint density at radius 2 is 1.74 bits per heavy atom. The van der Waals surface area contributed by atoms with Crippen molar-refractivity contribution in [1.29, 1.82) is 0 Å². The summed E-state index contributed by atoms with van der Waals surface area (Å²) < 4.78 is 0. The predicted molar refractivity (Wildman–Crippen MR) is 87.0 cm³/mol. The Hall–Kier alpha value is -2.40. The molecule has 23 heavy (non-hydrogen) atoms. The van der Waals surface area contributed by atoms with Crippen LogP contribution in [0.15, 0.2) is 30.3 Å². The van der Waals surface area contributed by atoms with Crippen LogP contribution in [0.3, 0.4) is 0 Å². The van der Waals surface area contributed by atoms with Gasteiger partial charge in [0.25, 0.3) is 0 Å². The SMILES string of the molecule is CC(Cc1ccc(O)c(O)c1)NC1Cc2ccc(O)c(O)c2C1. The summed E-state index contributed by atoms with van der Waals surface area (Å²) in [5.74, 6) is -0.306. The van der Waals surface area contributed by atoms with Gasteiger partial charge in [0, 0.05) is 17.6 Å². The number of hydrogen-bond acceptors (Lipinski definition) is 5. The molecule has 0 amide bonds. The molecule has 5 nitrogen and oxygen atoms in total. The van der Waals surface area contributed by atoms with Crippen LogP contribution in [-0.2, 0) is 19.3 Å². The summed E-state index contributed by atoms with van der Waals surface area (Å²) in [6, 6.07) is 8.62. The van der Waals surface area contributed by atoms with Crippen molar-refractivity contribution in [3.63, 3.8) is 0 Å². The van der Waals surface area contributed by atoms with Crippen LogP contribution in [-0.4, -0.2) is 32.5 Å². The smallest absolute Gasteiger partial charge is 0.161 e. The molecule has 0 fully saturated rings. The van der Waals surface area contributed by atoms with E-state index in [1.165, 1.54) is 12.1 Å². The maximum atomic E-state index is 9.93. The third-order valence-corrected chi connectivity index (χ3v) is 4.38. The Kier molecular flexibility index (Phi) is 4.05. The molecule has 2 aromatic carbocycles. The van der Waals surface area contributed by atoms with Crippen molar-refractivity contribution in [3.05, 3.63) is 47.0 Å². The van der Waals surface area contributed by atoms with Crippen molar-refractivity contribution in [1.82, 2.24) is 5.32 Å². The zero-order valence-electron chi connectivity index (χ0n) is 13.0. The summed E-state index contributed by atoms with van der Waals surface area (Å²) in [5.41, 5.74) is 2.82. The van der Waals surface area contributed by atoms with Gasteiger partial charge in [-0.05, 0) is 55.5 Å². The lowest BCUT2D eigenvalue weighted by Crippen LogP contribution is -2.38. The molecule has 0 bridgehead atoms. The molecule has 0 radical (unpaired) electrons. The standard InChI is InChI=1S/C18H21NO4/c1-10(6-11-2-4-15(20)17(22)7-11)19-13-8-12-3-5-16(21)18(23)14(12)9-13/h2-5,7,10,13,19-23H,6,8-9H2,1H3. The second-order valence-corrected chi connectivity index (χ2v) is 6.27. The average Bonchev–Trinajstić information content (AvgIpc) is 2.90. The molecule has 5 N–H and O–H groups in total. The lowest BCUT2D eigenvalue weighted by molar-refractivity contribution is 0.397. The molecular weight excluding hydrogens is 294 g/mol. The first-order valence-electron chi connectivity index (χ1n) is 7.73. The van der Waals surface area contributed by atoms with Gasteiger partial charge < -0.3 is 25.7 Å². The van der Waals surface area contributed by atoms with Crippen LogP contribution >= 0.6 is 0 Å². The van der Waals surface area contributed by atoms with Gasteiger partial charge in [-0.15, -0.1) is 0 Å². The lowest BCUT2D eigenvalue weighted by Gasteiger charge is -2.19. The molecular formula is C18H21NO4. The van der Waals surface area contributed by atoms with E-state index in [-0.39, 0.29) is 35.1 Å². The van der Waals surface area contributed by atoms with E-state index in [1.54, 1.807) is 12.1 Å². The van der Waals surface area contributed by atoms with Crippen LogP contribution < -0.4 is 5.32 Å². The van der Waals surface area contributed by atoms with E-state index in [0.29, 0.717) is 6.42 Å². The molecule has 0 heterocycles. The molecule has 2 atom stereocenters. The van der Waals surface area contributed by atoms with Crippen LogP contribution in [0.4, 0.5) is 0 Å². The van der Waals surface area contributed by atoms with Gasteiger partial charge in [-0.3, -0.25) is 0 Å². The normalized spacial score (nSPS) is 17.9. The van der Waals surface area contributed by atoms with Gasteiger partial charge in [0.05, 0.1) is 0 Å². The highest BCUT2D eigenvalue weighted by Crippen LogP contribution is 2.36. The van der Waals surface area contributed by atoms with Gasteiger partial charge in [0.15, 0.2) is 23.0 Å². The van der Waals surface area contributed by atoms with E-state index < -0.39 is 0 Å². The number of nitrogens with one attached hydrogen (secondary N) is 1. The third kappa shape index (κ3) is 3.19. The van der Waals surface area contributed by atoms with E-state index in [4.69, 9.17) is 0 Å². The molecule has 2 unspecified atom stereocenters. The monoisotopic (exact) mass is 315 g/mol. The second kappa shape index (κ2) is 6.01. The highest BCUT2D eigenvalue weighted by Gasteiger charge is 2.26. The Morgan fingerprint density at radius 3 is 2.48 bits per heavy atom. The molecule has 2 aromatic rings. The Bertz CT molecular complexity index is 729. The Labute approximate surface area is 134 Å². The topological polar surface area (TPSA) is 93.0 Å². The van der Waals surface area contributed by atoms with E-state index in [1.807, 2.05) is 6.07 Å². The minimum Gasteiger partial charge on any atom is -0.504 e. The molecule has 122 valence electrons. The van der Waals surface area contributed by atoms with Gasteiger partial charge in [-0.2, -0.15) is 0 Å². The van der Waals surface area contributed by atoms with Crippen LogP contribution in [0.2, 0.25) is 0 Å². The number of fused-ring (bicyclic) bond motifs is 1. The summed E-state index contributed by atoms with van der Waals surface area (Å²) >= 11 is 0. The minimum absolute atomic E-state index is 0.0112. The first-order chi connectivity index (χ1) is 10.9. The third-order valence-electron chi connectivity index (χ3n) is 4.38. The fourth-order valence-electron chi connectivity index (χ4n) is 3.30. The highest BCUT2D eigenvalue weighted by molar-refractivity contribution is 5.51. The zero-order chi connectivity index (χ0) is 16.6. The highest BCUT2D eigenvalue weighted by atomic mass is 16.3. The Morgan fingerprint density at radius 1 is 1.00 bits per heavy atom. The number of benzene rings is 2. The van der Waals surface area contributed by atoms with Crippen molar-refractivity contribution < 1.29 is 20.4 Å². The molecule has 0 saturated carbocycles. The minimum atomic E-state index is -0.115. The largest absolute Gasteiger partial charge is 0.504 e. The summed E-state index contributed by atoms with van der Waals surface area (Å²) in [7, 11) is 0. The van der Waals surface area contributed by atoms with Crippen LogP contribution in [0.1, 0.15) is 23.6 Å². The molecule has 1 aliphatic carbocycles. The van der Waals surface area contributed by atoms with Crippen molar-refractivity contribution in [3.8, 4) is 23.0 Å². The summed E-state index contributed by atoms with van der Waals surface area (Å²) in [6.45, 7) is 2.06. The Balaban J connectivity index is 1.62. The fraction of sp³-hybridized carbons (Fsp3) is 0.333. The predicted octanol–water partition coefficient (Wildman–Crippen LogP) is 2.20. The molecule has 0 saturated heterocycles. The summed E-state index contributed by atoms with van der Waals surface area (Å²) in [6.07, 6.45) is 2.22. The first-order valence-corrected chi connectivity index (χ1v) is 7.73.